The summed E-state index contributed by atoms with van der Waals surface area (Å²) < 4.78 is 27.3. The van der Waals surface area contributed by atoms with E-state index >= 15 is 0 Å². The van der Waals surface area contributed by atoms with Gasteiger partial charge in [-0.15, -0.1) is 0 Å². The molecule has 1 saturated heterocycles. The molecule has 9 heteroatoms. The van der Waals surface area contributed by atoms with Gasteiger partial charge >= 0.3 is 0 Å². The number of hydrogen-bond acceptors (Lipinski definition) is 4. The lowest BCUT2D eigenvalue weighted by molar-refractivity contribution is -0.141. The standard InChI is InChI=1S/C33H40ClN3O4S/c1-2-3-21-35-33(39)31(24-27-9-5-4-6-10-27)37(25-28-11-16-29(34)17-12-28)32(38)20-15-26-13-18-30(19-14-26)42(40,41)36-22-7-8-23-36/h4-6,9-14,16-19,31H,2-3,7-8,15,20-25H2,1H3,(H,35,39)/t31-/m1/s1. The highest BCUT2D eigenvalue weighted by atomic mass is 35.5. The number of aryl methyl sites for hydroxylation is 1. The van der Waals surface area contributed by atoms with Gasteiger partial charge in [-0.3, -0.25) is 9.59 Å². The van der Waals surface area contributed by atoms with Crippen molar-refractivity contribution in [3.05, 3.63) is 101 Å². The highest BCUT2D eigenvalue weighted by Gasteiger charge is 2.30. The summed E-state index contributed by atoms with van der Waals surface area (Å²) in [6.45, 7) is 3.99. The third-order valence-electron chi connectivity index (χ3n) is 7.62. The monoisotopic (exact) mass is 609 g/mol. The van der Waals surface area contributed by atoms with Crippen molar-refractivity contribution in [2.75, 3.05) is 19.6 Å². The highest BCUT2D eigenvalue weighted by molar-refractivity contribution is 7.89. The van der Waals surface area contributed by atoms with Crippen LogP contribution in [-0.4, -0.2) is 55.1 Å². The maximum Gasteiger partial charge on any atom is 0.243 e. The molecule has 0 radical (unpaired) electrons. The minimum Gasteiger partial charge on any atom is -0.354 e. The summed E-state index contributed by atoms with van der Waals surface area (Å²) in [6.07, 6.45) is 4.57. The molecule has 42 heavy (non-hydrogen) atoms. The van der Waals surface area contributed by atoms with Gasteiger partial charge in [0.15, 0.2) is 0 Å². The van der Waals surface area contributed by atoms with E-state index in [4.69, 9.17) is 11.6 Å². The Kier molecular flexibility index (Phi) is 11.6. The summed E-state index contributed by atoms with van der Waals surface area (Å²) >= 11 is 6.11. The maximum absolute atomic E-state index is 13.9. The minimum atomic E-state index is -3.49. The molecule has 1 atom stereocenters. The van der Waals surface area contributed by atoms with Gasteiger partial charge in [0.1, 0.15) is 6.04 Å². The van der Waals surface area contributed by atoms with E-state index in [1.54, 1.807) is 41.3 Å². The molecule has 3 aromatic carbocycles. The van der Waals surface area contributed by atoms with Crippen molar-refractivity contribution in [1.82, 2.24) is 14.5 Å². The summed E-state index contributed by atoms with van der Waals surface area (Å²) in [5.74, 6) is -0.323. The normalized spacial score (nSPS) is 14.4. The molecule has 224 valence electrons. The number of carbonyl (C=O) groups excluding carboxylic acids is 2. The fourth-order valence-corrected chi connectivity index (χ4v) is 6.79. The van der Waals surface area contributed by atoms with E-state index in [0.717, 1.165) is 42.4 Å². The van der Waals surface area contributed by atoms with E-state index in [1.165, 1.54) is 4.31 Å². The predicted octanol–water partition coefficient (Wildman–Crippen LogP) is 5.61. The molecule has 0 bridgehead atoms. The summed E-state index contributed by atoms with van der Waals surface area (Å²) in [5, 5.41) is 3.64. The Balaban J connectivity index is 1.54. The van der Waals surface area contributed by atoms with Gasteiger partial charge in [-0.2, -0.15) is 4.31 Å². The van der Waals surface area contributed by atoms with Gasteiger partial charge in [-0.05, 0) is 66.6 Å². The lowest BCUT2D eigenvalue weighted by Crippen LogP contribution is -2.50. The van der Waals surface area contributed by atoms with Crippen LogP contribution < -0.4 is 5.32 Å². The lowest BCUT2D eigenvalue weighted by Gasteiger charge is -2.32. The van der Waals surface area contributed by atoms with Gasteiger partial charge in [0.2, 0.25) is 21.8 Å². The molecule has 0 unspecified atom stereocenters. The average molecular weight is 610 g/mol. The second kappa shape index (κ2) is 15.3. The summed E-state index contributed by atoms with van der Waals surface area (Å²) in [6, 6.07) is 23.1. The van der Waals surface area contributed by atoms with E-state index in [-0.39, 0.29) is 29.7 Å². The zero-order valence-corrected chi connectivity index (χ0v) is 25.7. The molecule has 4 rings (SSSR count). The number of halogens is 1. The van der Waals surface area contributed by atoms with E-state index in [9.17, 15) is 18.0 Å². The van der Waals surface area contributed by atoms with Gasteiger partial charge in [-0.1, -0.05) is 79.5 Å². The van der Waals surface area contributed by atoms with Crippen molar-refractivity contribution in [1.29, 1.82) is 0 Å². The Morgan fingerprint density at radius 3 is 2.19 bits per heavy atom. The van der Waals surface area contributed by atoms with Crippen molar-refractivity contribution < 1.29 is 18.0 Å². The molecule has 1 fully saturated rings. The number of benzene rings is 3. The molecule has 1 heterocycles. The Bertz CT molecular complexity index is 1410. The summed E-state index contributed by atoms with van der Waals surface area (Å²) in [7, 11) is -3.49. The summed E-state index contributed by atoms with van der Waals surface area (Å²) in [5.41, 5.74) is 2.71. The molecule has 1 aliphatic rings. The van der Waals surface area contributed by atoms with Crippen LogP contribution in [0.25, 0.3) is 0 Å². The second-order valence-corrected chi connectivity index (χ2v) is 13.1. The highest BCUT2D eigenvalue weighted by Crippen LogP contribution is 2.22. The van der Waals surface area contributed by atoms with Crippen LogP contribution in [0, 0.1) is 0 Å². The third kappa shape index (κ3) is 8.66. The molecular formula is C33H40ClN3O4S. The van der Waals surface area contributed by atoms with Crippen molar-refractivity contribution in [3.8, 4) is 0 Å². The van der Waals surface area contributed by atoms with Crippen LogP contribution in [-0.2, 0) is 39.0 Å². The molecule has 3 aromatic rings. The zero-order valence-electron chi connectivity index (χ0n) is 24.2. The number of carbonyl (C=O) groups is 2. The first-order valence-electron chi connectivity index (χ1n) is 14.7. The Hall–Kier alpha value is -3.20. The quantitative estimate of drug-likeness (QED) is 0.241. The molecule has 0 aromatic heterocycles. The first-order valence-corrected chi connectivity index (χ1v) is 16.5. The molecule has 2 amide bonds. The van der Waals surface area contributed by atoms with Crippen LogP contribution in [0.5, 0.6) is 0 Å². The van der Waals surface area contributed by atoms with E-state index in [1.807, 2.05) is 42.5 Å². The van der Waals surface area contributed by atoms with E-state index in [2.05, 4.69) is 12.2 Å². The average Bonchev–Trinajstić information content (AvgIpc) is 3.56. The molecule has 7 nitrogen and oxygen atoms in total. The van der Waals surface area contributed by atoms with Gasteiger partial charge in [-0.25, -0.2) is 8.42 Å². The van der Waals surface area contributed by atoms with Gasteiger partial charge in [0.25, 0.3) is 0 Å². The smallest absolute Gasteiger partial charge is 0.243 e. The van der Waals surface area contributed by atoms with Crippen LogP contribution >= 0.6 is 11.6 Å². The number of amides is 2. The zero-order chi connectivity index (χ0) is 30.0. The van der Waals surface area contributed by atoms with Crippen molar-refractivity contribution in [3.63, 3.8) is 0 Å². The number of hydrogen-bond donors (Lipinski definition) is 1. The number of rotatable bonds is 14. The SMILES string of the molecule is CCCCNC(=O)[C@@H](Cc1ccccc1)N(Cc1ccc(Cl)cc1)C(=O)CCc1ccc(S(=O)(=O)N2CCCC2)cc1. The topological polar surface area (TPSA) is 86.8 Å². The molecular weight excluding hydrogens is 570 g/mol. The first kappa shape index (κ1) is 31.7. The van der Waals surface area contributed by atoms with E-state index in [0.29, 0.717) is 37.5 Å². The molecule has 0 spiro atoms. The Morgan fingerprint density at radius 2 is 1.55 bits per heavy atom. The molecule has 0 aliphatic carbocycles. The van der Waals surface area contributed by atoms with Gasteiger partial charge in [0, 0.05) is 44.0 Å². The van der Waals surface area contributed by atoms with Crippen molar-refractivity contribution in [2.45, 2.75) is 69.4 Å². The lowest BCUT2D eigenvalue weighted by atomic mass is 10.0. The van der Waals surface area contributed by atoms with Crippen LogP contribution in [0.3, 0.4) is 0 Å². The van der Waals surface area contributed by atoms with Gasteiger partial charge < -0.3 is 10.2 Å². The van der Waals surface area contributed by atoms with Crippen LogP contribution in [0.2, 0.25) is 5.02 Å². The molecule has 1 N–H and O–H groups in total. The predicted molar refractivity (Wildman–Crippen MR) is 167 cm³/mol. The van der Waals surface area contributed by atoms with Crippen LogP contribution in [0.4, 0.5) is 0 Å². The minimum absolute atomic E-state index is 0.148. The summed E-state index contributed by atoms with van der Waals surface area (Å²) in [4.78, 5) is 29.4. The number of unbranched alkanes of at least 4 members (excludes halogenated alkanes) is 1. The maximum atomic E-state index is 13.9. The Morgan fingerprint density at radius 1 is 0.905 bits per heavy atom. The fraction of sp³-hybridized carbons (Fsp3) is 0.394. The second-order valence-electron chi connectivity index (χ2n) is 10.8. The van der Waals surface area contributed by atoms with Crippen molar-refractivity contribution >= 4 is 33.4 Å². The number of sulfonamides is 1. The van der Waals surface area contributed by atoms with Crippen LogP contribution in [0.1, 0.15) is 55.7 Å². The third-order valence-corrected chi connectivity index (χ3v) is 9.79. The number of nitrogens with one attached hydrogen (secondary N) is 1. The van der Waals surface area contributed by atoms with E-state index < -0.39 is 16.1 Å². The Labute approximate surface area is 254 Å². The van der Waals surface area contributed by atoms with Crippen molar-refractivity contribution in [2.24, 2.45) is 0 Å². The molecule has 1 aliphatic heterocycles. The molecule has 0 saturated carbocycles. The first-order chi connectivity index (χ1) is 20.3. The largest absolute Gasteiger partial charge is 0.354 e. The van der Waals surface area contributed by atoms with Crippen LogP contribution in [0.15, 0.2) is 83.8 Å². The van der Waals surface area contributed by atoms with Gasteiger partial charge in [0.05, 0.1) is 4.90 Å². The number of nitrogens with zero attached hydrogens (tertiary/aromatic N) is 2. The fourth-order valence-electron chi connectivity index (χ4n) is 5.15.